The van der Waals surface area contributed by atoms with Crippen LogP contribution in [0.4, 0.5) is 0 Å². The van der Waals surface area contributed by atoms with Crippen LogP contribution in [0.2, 0.25) is 0 Å². The third-order valence-electron chi connectivity index (χ3n) is 10.5. The lowest BCUT2D eigenvalue weighted by Crippen LogP contribution is -2.46. The maximum absolute atomic E-state index is 12.8. The molecule has 9 nitrogen and oxygen atoms in total. The number of phosphoric ester groups is 1. The molecule has 0 aliphatic rings. The van der Waals surface area contributed by atoms with Gasteiger partial charge < -0.3 is 26.2 Å². The van der Waals surface area contributed by atoms with Gasteiger partial charge in [0.25, 0.3) is 0 Å². The van der Waals surface area contributed by atoms with E-state index >= 15 is 0 Å². The molecule has 4 unspecified atom stereocenters. The minimum absolute atomic E-state index is 0.0429. The van der Waals surface area contributed by atoms with Crippen molar-refractivity contribution in [1.82, 2.24) is 5.32 Å². The van der Waals surface area contributed by atoms with Gasteiger partial charge in [-0.25, -0.2) is 4.57 Å². The molecule has 57 heavy (non-hydrogen) atoms. The van der Waals surface area contributed by atoms with Crippen molar-refractivity contribution in [3.8, 4) is 0 Å². The normalized spacial score (nSPS) is 14.8. The topological polar surface area (TPSA) is 151 Å². The number of hydrogen-bond donors (Lipinski definition) is 5. The zero-order valence-corrected chi connectivity index (χ0v) is 37.8. The van der Waals surface area contributed by atoms with E-state index in [2.05, 4.69) is 43.5 Å². The van der Waals surface area contributed by atoms with Crippen molar-refractivity contribution in [2.75, 3.05) is 19.8 Å². The average Bonchev–Trinajstić information content (AvgIpc) is 3.19. The molecule has 0 bridgehead atoms. The van der Waals surface area contributed by atoms with E-state index in [4.69, 9.17) is 14.8 Å². The SMILES string of the molecule is CCCCCCCCCC/C=C/CC/C=C/CC/C=C/C(O)C(COP(=O)(O)OCCN)NC(=O)CC(O)CCCCCCCCCCCCCCCCCCC. The number of allylic oxidation sites excluding steroid dienone is 5. The number of unbranched alkanes of at least 4 members (excludes halogenated alkanes) is 26. The molecule has 6 N–H and O–H groups in total. The van der Waals surface area contributed by atoms with Gasteiger partial charge in [0.05, 0.1) is 37.9 Å². The van der Waals surface area contributed by atoms with Crippen molar-refractivity contribution < 1.29 is 33.5 Å². The molecule has 0 aliphatic carbocycles. The third kappa shape index (κ3) is 41.2. The average molecular weight is 827 g/mol. The second kappa shape index (κ2) is 42.8. The van der Waals surface area contributed by atoms with E-state index < -0.39 is 38.6 Å². The Hall–Kier alpha value is -1.32. The first-order valence-electron chi connectivity index (χ1n) is 23.7. The summed E-state index contributed by atoms with van der Waals surface area (Å²) in [4.78, 5) is 22.8. The summed E-state index contributed by atoms with van der Waals surface area (Å²) in [5, 5.41) is 24.1. The lowest BCUT2D eigenvalue weighted by atomic mass is 10.0. The van der Waals surface area contributed by atoms with E-state index in [1.54, 1.807) is 6.08 Å². The van der Waals surface area contributed by atoms with Gasteiger partial charge in [0.15, 0.2) is 0 Å². The number of rotatable bonds is 44. The minimum atomic E-state index is -4.41. The molecular weight excluding hydrogens is 735 g/mol. The van der Waals surface area contributed by atoms with E-state index in [1.807, 2.05) is 6.08 Å². The molecule has 0 radical (unpaired) electrons. The predicted octanol–water partition coefficient (Wildman–Crippen LogP) is 12.5. The molecule has 0 aromatic heterocycles. The van der Waals surface area contributed by atoms with Crippen LogP contribution in [0.15, 0.2) is 36.5 Å². The van der Waals surface area contributed by atoms with E-state index in [9.17, 15) is 24.5 Å². The number of aliphatic hydroxyl groups excluding tert-OH is 2. The van der Waals surface area contributed by atoms with Crippen LogP contribution in [0.25, 0.3) is 0 Å². The van der Waals surface area contributed by atoms with Crippen LogP contribution in [-0.2, 0) is 18.4 Å². The summed E-state index contributed by atoms with van der Waals surface area (Å²) in [6, 6.07) is -1.00. The maximum Gasteiger partial charge on any atom is 0.472 e. The fourth-order valence-corrected chi connectivity index (χ4v) is 7.67. The minimum Gasteiger partial charge on any atom is -0.393 e. The van der Waals surface area contributed by atoms with Crippen molar-refractivity contribution in [3.63, 3.8) is 0 Å². The smallest absolute Gasteiger partial charge is 0.393 e. The number of amides is 1. The van der Waals surface area contributed by atoms with E-state index in [-0.39, 0.29) is 19.6 Å². The molecule has 0 saturated carbocycles. The lowest BCUT2D eigenvalue weighted by Gasteiger charge is -2.24. The number of nitrogens with one attached hydrogen (secondary N) is 1. The monoisotopic (exact) mass is 827 g/mol. The van der Waals surface area contributed by atoms with Crippen molar-refractivity contribution in [1.29, 1.82) is 0 Å². The highest BCUT2D eigenvalue weighted by Gasteiger charge is 2.27. The number of carbonyl (C=O) groups is 1. The van der Waals surface area contributed by atoms with Gasteiger partial charge in [-0.15, -0.1) is 0 Å². The predicted molar refractivity (Wildman–Crippen MR) is 241 cm³/mol. The summed E-state index contributed by atoms with van der Waals surface area (Å²) in [7, 11) is -4.41. The molecule has 0 aromatic carbocycles. The Balaban J connectivity index is 4.32. The standard InChI is InChI=1S/C47H91N2O7P/c1-3-5-7-9-11-13-15-17-19-21-23-25-27-29-31-33-35-37-39-46(51)45(43-56-57(53,54)55-41-40-48)49-47(52)42-44(50)38-36-34-32-30-28-26-24-22-20-18-16-14-12-10-8-6-4-2/h21,23,29,31,37,39,44-46,50-51H,3-20,22,24-28,30,32-36,38,40-43,48H2,1-2H3,(H,49,52)(H,53,54)/b23-21+,31-29+,39-37+. The highest BCUT2D eigenvalue weighted by atomic mass is 31.2. The van der Waals surface area contributed by atoms with Gasteiger partial charge in [-0.05, 0) is 44.9 Å². The number of hydrogen-bond acceptors (Lipinski definition) is 7. The van der Waals surface area contributed by atoms with E-state index in [1.165, 1.54) is 141 Å². The Morgan fingerprint density at radius 1 is 0.596 bits per heavy atom. The van der Waals surface area contributed by atoms with Gasteiger partial charge in [0.1, 0.15) is 0 Å². The number of carbonyl (C=O) groups excluding carboxylic acids is 1. The van der Waals surface area contributed by atoms with Gasteiger partial charge in [-0.1, -0.05) is 204 Å². The Bertz CT molecular complexity index is 1010. The summed E-state index contributed by atoms with van der Waals surface area (Å²) < 4.78 is 22.1. The summed E-state index contributed by atoms with van der Waals surface area (Å²) in [6.07, 6.45) is 48.0. The number of nitrogens with two attached hydrogens (primary N) is 1. The van der Waals surface area contributed by atoms with E-state index in [0.29, 0.717) is 12.8 Å². The maximum atomic E-state index is 12.8. The molecule has 0 rings (SSSR count). The first kappa shape index (κ1) is 55.7. The van der Waals surface area contributed by atoms with Crippen LogP contribution in [0.3, 0.4) is 0 Å². The van der Waals surface area contributed by atoms with E-state index in [0.717, 1.165) is 44.9 Å². The molecule has 0 saturated heterocycles. The number of aliphatic hydroxyl groups is 2. The fourth-order valence-electron chi connectivity index (χ4n) is 6.91. The van der Waals surface area contributed by atoms with Gasteiger partial charge in [-0.3, -0.25) is 13.8 Å². The van der Waals surface area contributed by atoms with Gasteiger partial charge in [-0.2, -0.15) is 0 Å². The second-order valence-electron chi connectivity index (χ2n) is 16.1. The lowest BCUT2D eigenvalue weighted by molar-refractivity contribution is -0.124. The quantitative estimate of drug-likeness (QED) is 0.0231. The highest BCUT2D eigenvalue weighted by Crippen LogP contribution is 2.43. The molecule has 1 amide bonds. The third-order valence-corrected chi connectivity index (χ3v) is 11.5. The molecule has 0 aromatic rings. The van der Waals surface area contributed by atoms with Gasteiger partial charge in [0.2, 0.25) is 5.91 Å². The molecular formula is C47H91N2O7P. The number of phosphoric acid groups is 1. The van der Waals surface area contributed by atoms with Crippen molar-refractivity contribution in [2.45, 2.75) is 238 Å². The molecule has 0 heterocycles. The van der Waals surface area contributed by atoms with Crippen LogP contribution in [0.1, 0.15) is 219 Å². The first-order valence-corrected chi connectivity index (χ1v) is 25.2. The summed E-state index contributed by atoms with van der Waals surface area (Å²) in [5.74, 6) is -0.457. The zero-order valence-electron chi connectivity index (χ0n) is 36.9. The van der Waals surface area contributed by atoms with Crippen LogP contribution in [0, 0.1) is 0 Å². The molecule has 10 heteroatoms. The summed E-state index contributed by atoms with van der Waals surface area (Å²) in [6.45, 7) is 3.96. The molecule has 336 valence electrons. The Kier molecular flexibility index (Phi) is 41.8. The zero-order chi connectivity index (χ0) is 41.9. The second-order valence-corrected chi connectivity index (χ2v) is 17.6. The Morgan fingerprint density at radius 2 is 1.00 bits per heavy atom. The highest BCUT2D eigenvalue weighted by molar-refractivity contribution is 7.47. The molecule has 4 atom stereocenters. The Labute approximate surface area is 351 Å². The van der Waals surface area contributed by atoms with Crippen LogP contribution in [0.5, 0.6) is 0 Å². The molecule has 0 aliphatic heterocycles. The first-order chi connectivity index (χ1) is 27.8. The summed E-state index contributed by atoms with van der Waals surface area (Å²) in [5.41, 5.74) is 5.37. The fraction of sp³-hybridized carbons (Fsp3) is 0.851. The van der Waals surface area contributed by atoms with Crippen LogP contribution >= 0.6 is 7.82 Å². The summed E-state index contributed by atoms with van der Waals surface area (Å²) >= 11 is 0. The van der Waals surface area contributed by atoms with Crippen molar-refractivity contribution in [2.24, 2.45) is 5.73 Å². The largest absolute Gasteiger partial charge is 0.472 e. The van der Waals surface area contributed by atoms with Gasteiger partial charge in [0, 0.05) is 6.54 Å². The van der Waals surface area contributed by atoms with Crippen molar-refractivity contribution in [3.05, 3.63) is 36.5 Å². The molecule has 0 spiro atoms. The van der Waals surface area contributed by atoms with Gasteiger partial charge >= 0.3 is 7.82 Å². The Morgan fingerprint density at radius 3 is 1.46 bits per heavy atom. The molecule has 0 fully saturated rings. The van der Waals surface area contributed by atoms with Crippen LogP contribution < -0.4 is 11.1 Å². The van der Waals surface area contributed by atoms with Crippen molar-refractivity contribution >= 4 is 13.7 Å². The van der Waals surface area contributed by atoms with Crippen LogP contribution in [-0.4, -0.2) is 59.0 Å².